The van der Waals surface area contributed by atoms with Crippen LogP contribution in [0.2, 0.25) is 0 Å². The van der Waals surface area contributed by atoms with E-state index in [0.29, 0.717) is 6.42 Å². The zero-order valence-corrected chi connectivity index (χ0v) is 18.9. The second kappa shape index (κ2) is 21.7. The third-order valence-corrected chi connectivity index (χ3v) is 5.27. The van der Waals surface area contributed by atoms with E-state index in [-0.39, 0.29) is 5.97 Å². The summed E-state index contributed by atoms with van der Waals surface area (Å²) >= 11 is 0. The van der Waals surface area contributed by atoms with Crippen LogP contribution in [0.1, 0.15) is 135 Å². The number of hydrogen-bond donors (Lipinski definition) is 0. The van der Waals surface area contributed by atoms with Gasteiger partial charge in [-0.25, -0.2) is 0 Å². The lowest BCUT2D eigenvalue weighted by Crippen LogP contribution is -2.18. The molecule has 0 atom stereocenters. The van der Waals surface area contributed by atoms with Gasteiger partial charge in [0.15, 0.2) is 0 Å². The Hall–Kier alpha value is -0.570. The molecule has 0 unspecified atom stereocenters. The summed E-state index contributed by atoms with van der Waals surface area (Å²) in [5.41, 5.74) is 0. The van der Waals surface area contributed by atoms with Gasteiger partial charge in [0.1, 0.15) is 0 Å². The minimum absolute atomic E-state index is 0.105. The topological polar surface area (TPSA) is 29.5 Å². The molecule has 27 heavy (non-hydrogen) atoms. The molecule has 0 aliphatic rings. The number of hydroxylamine groups is 2. The minimum atomic E-state index is -0.105. The van der Waals surface area contributed by atoms with Gasteiger partial charge in [0.05, 0.1) is 0 Å². The van der Waals surface area contributed by atoms with Gasteiger partial charge in [-0.1, -0.05) is 122 Å². The van der Waals surface area contributed by atoms with E-state index in [1.54, 1.807) is 14.1 Å². The number of hydrogen-bond acceptors (Lipinski definition) is 3. The minimum Gasteiger partial charge on any atom is -0.369 e. The van der Waals surface area contributed by atoms with Gasteiger partial charge in [0.2, 0.25) is 0 Å². The van der Waals surface area contributed by atoms with Crippen molar-refractivity contribution in [1.29, 1.82) is 0 Å². The van der Waals surface area contributed by atoms with Gasteiger partial charge in [0.25, 0.3) is 0 Å². The Kier molecular flexibility index (Phi) is 21.3. The van der Waals surface area contributed by atoms with Gasteiger partial charge >= 0.3 is 5.97 Å². The van der Waals surface area contributed by atoms with Gasteiger partial charge in [-0.05, 0) is 6.42 Å². The average molecular weight is 384 g/mol. The van der Waals surface area contributed by atoms with Crippen LogP contribution in [0.4, 0.5) is 0 Å². The third kappa shape index (κ3) is 23.4. The molecule has 0 amide bonds. The number of carbonyl (C=O) groups is 1. The molecule has 0 fully saturated rings. The first-order chi connectivity index (χ1) is 13.2. The van der Waals surface area contributed by atoms with Gasteiger partial charge in [-0.15, -0.1) is 5.06 Å². The van der Waals surface area contributed by atoms with Gasteiger partial charge < -0.3 is 4.84 Å². The lowest BCUT2D eigenvalue weighted by molar-refractivity contribution is -0.178. The predicted molar refractivity (Wildman–Crippen MR) is 118 cm³/mol. The highest BCUT2D eigenvalue weighted by atomic mass is 16.7. The number of rotatable bonds is 21. The fourth-order valence-corrected chi connectivity index (χ4v) is 3.60. The van der Waals surface area contributed by atoms with E-state index in [9.17, 15) is 4.79 Å². The van der Waals surface area contributed by atoms with Gasteiger partial charge in [-0.2, -0.15) is 0 Å². The van der Waals surface area contributed by atoms with Crippen LogP contribution in [0.15, 0.2) is 0 Å². The van der Waals surface area contributed by atoms with E-state index in [4.69, 9.17) is 4.84 Å². The molecule has 0 rings (SSSR count). The Bertz CT molecular complexity index is 305. The van der Waals surface area contributed by atoms with Gasteiger partial charge in [-0.3, -0.25) is 4.79 Å². The third-order valence-electron chi connectivity index (χ3n) is 5.27. The SMILES string of the molecule is CCCCCCCCCCCCCCCCCCCCCC(=O)ON(C)C. The average Bonchev–Trinajstić information content (AvgIpc) is 2.63. The van der Waals surface area contributed by atoms with Crippen LogP contribution in [-0.4, -0.2) is 25.1 Å². The van der Waals surface area contributed by atoms with Crippen LogP contribution in [0, 0.1) is 0 Å². The molecule has 162 valence electrons. The highest BCUT2D eigenvalue weighted by molar-refractivity contribution is 5.68. The molecule has 0 aromatic rings. The Balaban J connectivity index is 3.06. The van der Waals surface area contributed by atoms with Crippen molar-refractivity contribution >= 4 is 5.97 Å². The molecule has 0 aromatic heterocycles. The standard InChI is InChI=1S/C24H49NO2/c1-4-5-6-7-8-9-10-11-12-13-14-15-16-17-18-19-20-21-22-23-24(26)27-25(2)3/h4-23H2,1-3H3. The first kappa shape index (κ1) is 26.4. The molecule has 0 saturated carbocycles. The summed E-state index contributed by atoms with van der Waals surface area (Å²) < 4.78 is 0. The van der Waals surface area contributed by atoms with Crippen molar-refractivity contribution in [2.75, 3.05) is 14.1 Å². The number of nitrogens with zero attached hydrogens (tertiary/aromatic N) is 1. The molecule has 0 saturated heterocycles. The van der Waals surface area contributed by atoms with Crippen LogP contribution in [0.25, 0.3) is 0 Å². The number of carbonyl (C=O) groups excluding carboxylic acids is 1. The summed E-state index contributed by atoms with van der Waals surface area (Å²) in [6.07, 6.45) is 26.7. The summed E-state index contributed by atoms with van der Waals surface area (Å²) in [6.45, 7) is 2.29. The van der Waals surface area contributed by atoms with Crippen molar-refractivity contribution in [2.24, 2.45) is 0 Å². The maximum absolute atomic E-state index is 11.4. The molecule has 3 nitrogen and oxygen atoms in total. The highest BCUT2D eigenvalue weighted by Crippen LogP contribution is 2.14. The van der Waals surface area contributed by atoms with Crippen LogP contribution in [0.3, 0.4) is 0 Å². The predicted octanol–water partition coefficient (Wildman–Crippen LogP) is 7.83. The van der Waals surface area contributed by atoms with Crippen LogP contribution >= 0.6 is 0 Å². The molecule has 0 aromatic carbocycles. The molecule has 0 aliphatic heterocycles. The summed E-state index contributed by atoms with van der Waals surface area (Å²) in [6, 6.07) is 0. The fourth-order valence-electron chi connectivity index (χ4n) is 3.60. The Labute approximate surface area is 170 Å². The summed E-state index contributed by atoms with van der Waals surface area (Å²) in [5.74, 6) is -0.105. The van der Waals surface area contributed by atoms with Crippen LogP contribution < -0.4 is 0 Å². The maximum atomic E-state index is 11.4. The second-order valence-electron chi connectivity index (χ2n) is 8.39. The van der Waals surface area contributed by atoms with Crippen LogP contribution in [-0.2, 0) is 9.63 Å². The lowest BCUT2D eigenvalue weighted by atomic mass is 10.0. The molecule has 0 spiro atoms. The second-order valence-corrected chi connectivity index (χ2v) is 8.39. The van der Waals surface area contributed by atoms with Crippen molar-refractivity contribution < 1.29 is 9.63 Å². The van der Waals surface area contributed by atoms with Crippen molar-refractivity contribution in [3.63, 3.8) is 0 Å². The van der Waals surface area contributed by atoms with E-state index >= 15 is 0 Å². The number of unbranched alkanes of at least 4 members (excludes halogenated alkanes) is 18. The highest BCUT2D eigenvalue weighted by Gasteiger charge is 2.03. The Morgan fingerprint density at radius 3 is 1.15 bits per heavy atom. The van der Waals surface area contributed by atoms with Crippen molar-refractivity contribution in [2.45, 2.75) is 135 Å². The molecule has 0 radical (unpaired) electrons. The molecule has 0 bridgehead atoms. The summed E-state index contributed by atoms with van der Waals surface area (Å²) in [5, 5.41) is 1.47. The molecular weight excluding hydrogens is 334 g/mol. The van der Waals surface area contributed by atoms with Crippen molar-refractivity contribution in [3.05, 3.63) is 0 Å². The zero-order chi connectivity index (χ0) is 20.0. The normalized spacial score (nSPS) is 11.3. The Morgan fingerprint density at radius 1 is 0.556 bits per heavy atom. The molecular formula is C24H49NO2. The van der Waals surface area contributed by atoms with E-state index in [1.807, 2.05) is 0 Å². The molecule has 0 N–H and O–H groups in total. The monoisotopic (exact) mass is 383 g/mol. The van der Waals surface area contributed by atoms with Crippen LogP contribution in [0.5, 0.6) is 0 Å². The fraction of sp³-hybridized carbons (Fsp3) is 0.958. The van der Waals surface area contributed by atoms with Crippen molar-refractivity contribution in [1.82, 2.24) is 5.06 Å². The van der Waals surface area contributed by atoms with E-state index in [1.165, 1.54) is 114 Å². The van der Waals surface area contributed by atoms with Gasteiger partial charge in [0, 0.05) is 20.5 Å². The first-order valence-corrected chi connectivity index (χ1v) is 12.0. The first-order valence-electron chi connectivity index (χ1n) is 12.0. The smallest absolute Gasteiger partial charge is 0.325 e. The zero-order valence-electron chi connectivity index (χ0n) is 18.9. The lowest BCUT2D eigenvalue weighted by Gasteiger charge is -2.09. The molecule has 0 aliphatic carbocycles. The van der Waals surface area contributed by atoms with E-state index in [0.717, 1.165) is 12.8 Å². The summed E-state index contributed by atoms with van der Waals surface area (Å²) in [7, 11) is 3.49. The van der Waals surface area contributed by atoms with Crippen molar-refractivity contribution in [3.8, 4) is 0 Å². The van der Waals surface area contributed by atoms with E-state index < -0.39 is 0 Å². The maximum Gasteiger partial charge on any atom is 0.325 e. The summed E-state index contributed by atoms with van der Waals surface area (Å²) in [4.78, 5) is 16.4. The largest absolute Gasteiger partial charge is 0.369 e. The molecule has 0 heterocycles. The Morgan fingerprint density at radius 2 is 0.852 bits per heavy atom. The van der Waals surface area contributed by atoms with E-state index in [2.05, 4.69) is 6.92 Å². The quantitative estimate of drug-likeness (QED) is 0.149. The molecule has 3 heteroatoms.